The molecule has 0 atom stereocenters. The highest BCUT2D eigenvalue weighted by atomic mass is 16.6. The van der Waals surface area contributed by atoms with Crippen LogP contribution in [0.5, 0.6) is 5.75 Å². The predicted molar refractivity (Wildman–Crippen MR) is 130 cm³/mol. The van der Waals surface area contributed by atoms with Gasteiger partial charge in [-0.05, 0) is 96.6 Å². The third-order valence-corrected chi connectivity index (χ3v) is 8.01. The van der Waals surface area contributed by atoms with E-state index in [0.29, 0.717) is 28.4 Å². The Kier molecular flexibility index (Phi) is 5.87. The van der Waals surface area contributed by atoms with E-state index in [1.165, 1.54) is 26.3 Å². The molecule has 4 saturated carbocycles. The summed E-state index contributed by atoms with van der Waals surface area (Å²) in [5.74, 6) is 1.52. The Labute approximate surface area is 204 Å². The van der Waals surface area contributed by atoms with Crippen LogP contribution in [0.15, 0.2) is 48.5 Å². The summed E-state index contributed by atoms with van der Waals surface area (Å²) in [5.41, 5.74) is 3.68. The second kappa shape index (κ2) is 8.87. The lowest BCUT2D eigenvalue weighted by atomic mass is 9.48. The lowest BCUT2D eigenvalue weighted by molar-refractivity contribution is -0.131. The number of amides is 2. The van der Waals surface area contributed by atoms with Crippen LogP contribution in [0.4, 0.5) is 9.59 Å². The number of nitrogens with zero attached hydrogens (tertiary/aromatic N) is 1. The van der Waals surface area contributed by atoms with Crippen LogP contribution in [0.2, 0.25) is 0 Å². The van der Waals surface area contributed by atoms with Crippen molar-refractivity contribution in [2.75, 3.05) is 7.05 Å². The maximum absolute atomic E-state index is 12.5. The van der Waals surface area contributed by atoms with Crippen LogP contribution in [-0.4, -0.2) is 40.3 Å². The molecule has 7 heteroatoms. The number of benzene rings is 2. The van der Waals surface area contributed by atoms with Crippen molar-refractivity contribution in [3.8, 4) is 16.9 Å². The number of rotatable bonds is 5. The first-order valence-electron chi connectivity index (χ1n) is 12.1. The molecule has 4 aliphatic rings. The van der Waals surface area contributed by atoms with Crippen molar-refractivity contribution in [3.63, 3.8) is 0 Å². The van der Waals surface area contributed by atoms with Crippen LogP contribution in [-0.2, 0) is 10.2 Å². The highest BCUT2D eigenvalue weighted by Gasteiger charge is 2.52. The minimum absolute atomic E-state index is 0.0632. The Morgan fingerprint density at radius 3 is 2.03 bits per heavy atom. The number of carbonyl (C=O) groups excluding carboxylic acids is 1. The molecule has 0 unspecified atom stereocenters. The Morgan fingerprint density at radius 1 is 0.914 bits per heavy atom. The number of hydrogen-bond acceptors (Lipinski definition) is 4. The summed E-state index contributed by atoms with van der Waals surface area (Å²) in [4.78, 5) is 35.1. The van der Waals surface area contributed by atoms with E-state index in [4.69, 9.17) is 9.84 Å². The second-order valence-corrected chi connectivity index (χ2v) is 10.4. The fourth-order valence-corrected chi connectivity index (χ4v) is 6.85. The number of carbonyl (C=O) groups is 3. The highest BCUT2D eigenvalue weighted by Crippen LogP contribution is 2.62. The molecule has 182 valence electrons. The van der Waals surface area contributed by atoms with Gasteiger partial charge in [-0.3, -0.25) is 0 Å². The van der Waals surface area contributed by atoms with Crippen molar-refractivity contribution in [1.82, 2.24) is 4.90 Å². The van der Waals surface area contributed by atoms with Gasteiger partial charge in [-0.15, -0.1) is 0 Å². The minimum atomic E-state index is -1.36. The normalized spacial score (nSPS) is 26.6. The number of aliphatic carboxylic acids is 1. The van der Waals surface area contributed by atoms with Gasteiger partial charge in [0, 0.05) is 18.7 Å². The Balaban J connectivity index is 1.52. The summed E-state index contributed by atoms with van der Waals surface area (Å²) in [5, 5.41) is 18.1. The van der Waals surface area contributed by atoms with E-state index < -0.39 is 18.2 Å². The lowest BCUT2D eigenvalue weighted by Gasteiger charge is -2.57. The molecule has 7 nitrogen and oxygen atoms in total. The summed E-state index contributed by atoms with van der Waals surface area (Å²) in [7, 11) is 1.18. The molecule has 2 aromatic rings. The van der Waals surface area contributed by atoms with Crippen LogP contribution in [0.1, 0.15) is 49.7 Å². The maximum Gasteiger partial charge on any atom is 0.424 e. The van der Waals surface area contributed by atoms with Gasteiger partial charge in [0.1, 0.15) is 5.75 Å². The van der Waals surface area contributed by atoms with Crippen LogP contribution in [0.25, 0.3) is 17.2 Å². The first-order valence-corrected chi connectivity index (χ1v) is 12.1. The monoisotopic (exact) mass is 475 g/mol. The van der Waals surface area contributed by atoms with Gasteiger partial charge in [0.25, 0.3) is 0 Å². The zero-order chi connectivity index (χ0) is 24.7. The quantitative estimate of drug-likeness (QED) is 0.512. The molecule has 4 bridgehead atoms. The Hall–Kier alpha value is -3.61. The third kappa shape index (κ3) is 4.55. The molecule has 6 rings (SSSR count). The first-order chi connectivity index (χ1) is 16.7. The smallest absolute Gasteiger partial charge is 0.424 e. The van der Waals surface area contributed by atoms with Crippen molar-refractivity contribution >= 4 is 24.2 Å². The molecule has 0 aromatic heterocycles. The van der Waals surface area contributed by atoms with Gasteiger partial charge in [0.15, 0.2) is 0 Å². The summed E-state index contributed by atoms with van der Waals surface area (Å²) in [6, 6.07) is 13.4. The topological polar surface area (TPSA) is 104 Å². The maximum atomic E-state index is 12.5. The van der Waals surface area contributed by atoms with Crippen LogP contribution < -0.4 is 4.74 Å². The molecule has 2 N–H and O–H groups in total. The summed E-state index contributed by atoms with van der Waals surface area (Å²) in [6.45, 7) is 0. The standard InChI is InChI=1S/C28H29NO6/c1-29(26(32)33)27(34)35-24-8-7-22(21-5-2-17(3-6-21)4-9-25(30)31)13-23(24)28-14-18-10-19(15-28)12-20(11-18)16-28/h2-9,13,18-20H,10-12,14-16H2,1H3,(H,30,31)(H,32,33)/b9-4+. The molecule has 0 saturated heterocycles. The Morgan fingerprint density at radius 2 is 1.49 bits per heavy atom. The zero-order valence-corrected chi connectivity index (χ0v) is 19.6. The van der Waals surface area contributed by atoms with E-state index in [1.807, 2.05) is 30.3 Å². The number of hydrogen-bond donors (Lipinski definition) is 2. The number of ether oxygens (including phenoxy) is 1. The van der Waals surface area contributed by atoms with E-state index in [1.54, 1.807) is 12.1 Å². The highest BCUT2D eigenvalue weighted by molar-refractivity contribution is 5.88. The van der Waals surface area contributed by atoms with Crippen molar-refractivity contribution in [1.29, 1.82) is 0 Å². The van der Waals surface area contributed by atoms with Gasteiger partial charge in [-0.2, -0.15) is 0 Å². The molecule has 0 radical (unpaired) electrons. The summed E-state index contributed by atoms with van der Waals surface area (Å²) < 4.78 is 5.66. The molecule has 4 fully saturated rings. The van der Waals surface area contributed by atoms with E-state index in [-0.39, 0.29) is 5.41 Å². The van der Waals surface area contributed by atoms with Gasteiger partial charge in [-0.1, -0.05) is 30.3 Å². The SMILES string of the molecule is CN(C(=O)O)C(=O)Oc1ccc(-c2ccc(/C=C/C(=O)O)cc2)cc1C12CC3CC(CC(C3)C1)C2. The molecule has 2 amide bonds. The van der Waals surface area contributed by atoms with Crippen molar-refractivity contribution in [2.45, 2.75) is 43.9 Å². The fraction of sp³-hybridized carbons (Fsp3) is 0.393. The first kappa shape index (κ1) is 23.1. The molecule has 0 aliphatic heterocycles. The predicted octanol–water partition coefficient (Wildman–Crippen LogP) is 6.03. The molecule has 0 spiro atoms. The van der Waals surface area contributed by atoms with E-state index in [0.717, 1.165) is 47.6 Å². The fourth-order valence-electron chi connectivity index (χ4n) is 6.85. The molecular formula is C28H29NO6. The van der Waals surface area contributed by atoms with Crippen molar-refractivity contribution in [2.24, 2.45) is 17.8 Å². The number of carboxylic acids is 1. The molecule has 35 heavy (non-hydrogen) atoms. The van der Waals surface area contributed by atoms with Crippen molar-refractivity contribution in [3.05, 3.63) is 59.7 Å². The van der Waals surface area contributed by atoms with Gasteiger partial charge in [-0.25, -0.2) is 19.3 Å². The van der Waals surface area contributed by atoms with Crippen molar-refractivity contribution < 1.29 is 29.3 Å². The molecule has 2 aromatic carbocycles. The van der Waals surface area contributed by atoms with Gasteiger partial charge in [0.2, 0.25) is 0 Å². The summed E-state index contributed by atoms with van der Waals surface area (Å²) >= 11 is 0. The molecule has 0 heterocycles. The average molecular weight is 476 g/mol. The third-order valence-electron chi connectivity index (χ3n) is 8.01. The van der Waals surface area contributed by atoms with E-state index >= 15 is 0 Å². The molecular weight excluding hydrogens is 446 g/mol. The van der Waals surface area contributed by atoms with Gasteiger partial charge in [0.05, 0.1) is 0 Å². The van der Waals surface area contributed by atoms with Crippen LogP contribution in [0, 0.1) is 17.8 Å². The number of carboxylic acid groups (broad SMARTS) is 2. The second-order valence-electron chi connectivity index (χ2n) is 10.4. The van der Waals surface area contributed by atoms with Crippen LogP contribution in [0.3, 0.4) is 0 Å². The van der Waals surface area contributed by atoms with Crippen LogP contribution >= 0.6 is 0 Å². The van der Waals surface area contributed by atoms with Gasteiger partial charge >= 0.3 is 18.2 Å². The largest absolute Gasteiger partial charge is 0.478 e. The lowest BCUT2D eigenvalue weighted by Crippen LogP contribution is -2.48. The van der Waals surface area contributed by atoms with E-state index in [9.17, 15) is 19.5 Å². The average Bonchev–Trinajstić information content (AvgIpc) is 2.82. The number of imide groups is 1. The zero-order valence-electron chi connectivity index (χ0n) is 19.6. The minimum Gasteiger partial charge on any atom is -0.478 e. The van der Waals surface area contributed by atoms with Gasteiger partial charge < -0.3 is 14.9 Å². The molecule has 4 aliphatic carbocycles. The summed E-state index contributed by atoms with van der Waals surface area (Å²) in [6.07, 6.45) is 7.43. The Bertz CT molecular complexity index is 1160. The van der Waals surface area contributed by atoms with E-state index in [2.05, 4.69) is 6.07 Å².